The lowest BCUT2D eigenvalue weighted by Gasteiger charge is -2.24. The quantitative estimate of drug-likeness (QED) is 0.421. The van der Waals surface area contributed by atoms with Crippen molar-refractivity contribution in [3.05, 3.63) is 97.3 Å². The van der Waals surface area contributed by atoms with E-state index in [2.05, 4.69) is 0 Å². The van der Waals surface area contributed by atoms with Crippen LogP contribution in [-0.4, -0.2) is 4.92 Å². The normalized spacial score (nSPS) is 15.7. The SMILES string of the molecule is N#Cc1ccc([C@H]2C([N+](=O)[O-])=C(N)Oc3c2c(=O)oc2ccccc32)cc1. The zero-order chi connectivity index (χ0) is 19.1. The Kier molecular flexibility index (Phi) is 3.63. The molecule has 8 heteroatoms. The fourth-order valence-corrected chi connectivity index (χ4v) is 3.21. The fourth-order valence-electron chi connectivity index (χ4n) is 3.21. The Morgan fingerprint density at radius 3 is 2.52 bits per heavy atom. The molecule has 27 heavy (non-hydrogen) atoms. The molecule has 0 saturated carbocycles. The Morgan fingerprint density at radius 2 is 1.85 bits per heavy atom. The first kappa shape index (κ1) is 16.4. The Labute approximate surface area is 151 Å². The maximum Gasteiger partial charge on any atom is 0.344 e. The van der Waals surface area contributed by atoms with Crippen LogP contribution in [0.4, 0.5) is 0 Å². The molecular weight excluding hydrogens is 350 g/mol. The fraction of sp³-hybridized carbons (Fsp3) is 0.0526. The third kappa shape index (κ3) is 2.49. The molecule has 1 atom stereocenters. The summed E-state index contributed by atoms with van der Waals surface area (Å²) in [6.07, 6.45) is 0. The van der Waals surface area contributed by atoms with Crippen LogP contribution in [0.5, 0.6) is 5.75 Å². The first-order valence-corrected chi connectivity index (χ1v) is 7.89. The largest absolute Gasteiger partial charge is 0.434 e. The van der Waals surface area contributed by atoms with E-state index in [9.17, 15) is 14.9 Å². The van der Waals surface area contributed by atoms with Crippen LogP contribution in [0.25, 0.3) is 11.0 Å². The smallest absolute Gasteiger partial charge is 0.344 e. The summed E-state index contributed by atoms with van der Waals surface area (Å²) in [6, 6.07) is 14.8. The van der Waals surface area contributed by atoms with Crippen molar-refractivity contribution < 1.29 is 14.1 Å². The van der Waals surface area contributed by atoms with Gasteiger partial charge in [-0.25, -0.2) is 4.79 Å². The number of nitro groups is 1. The topological polar surface area (TPSA) is 132 Å². The van der Waals surface area contributed by atoms with Crippen molar-refractivity contribution in [2.24, 2.45) is 5.73 Å². The number of hydrogen-bond donors (Lipinski definition) is 1. The van der Waals surface area contributed by atoms with Crippen LogP contribution < -0.4 is 16.1 Å². The molecule has 1 aliphatic rings. The van der Waals surface area contributed by atoms with Gasteiger partial charge in [0.15, 0.2) is 5.75 Å². The average molecular weight is 361 g/mol. The minimum absolute atomic E-state index is 0.000641. The number of rotatable bonds is 2. The van der Waals surface area contributed by atoms with E-state index in [-0.39, 0.29) is 16.9 Å². The van der Waals surface area contributed by atoms with Gasteiger partial charge in [-0.2, -0.15) is 5.26 Å². The van der Waals surface area contributed by atoms with Crippen LogP contribution >= 0.6 is 0 Å². The zero-order valence-corrected chi connectivity index (χ0v) is 13.7. The average Bonchev–Trinajstić information content (AvgIpc) is 2.67. The predicted molar refractivity (Wildman–Crippen MR) is 94.3 cm³/mol. The molecule has 0 saturated heterocycles. The summed E-state index contributed by atoms with van der Waals surface area (Å²) in [5, 5.41) is 21.1. The summed E-state index contributed by atoms with van der Waals surface area (Å²) in [5.74, 6) is -1.34. The highest BCUT2D eigenvalue weighted by molar-refractivity contribution is 5.85. The molecule has 0 spiro atoms. The van der Waals surface area contributed by atoms with Gasteiger partial charge < -0.3 is 14.9 Å². The Balaban J connectivity index is 2.06. The van der Waals surface area contributed by atoms with Crippen molar-refractivity contribution in [3.63, 3.8) is 0 Å². The summed E-state index contributed by atoms with van der Waals surface area (Å²) >= 11 is 0. The van der Waals surface area contributed by atoms with Gasteiger partial charge in [0.1, 0.15) is 11.5 Å². The second-order valence-electron chi connectivity index (χ2n) is 5.90. The molecule has 1 aromatic heterocycles. The van der Waals surface area contributed by atoms with Crippen LogP contribution in [0.1, 0.15) is 22.6 Å². The summed E-state index contributed by atoms with van der Waals surface area (Å²) < 4.78 is 10.8. The third-order valence-corrected chi connectivity index (χ3v) is 4.40. The van der Waals surface area contributed by atoms with Crippen LogP contribution in [0.3, 0.4) is 0 Å². The molecule has 2 aromatic carbocycles. The maximum absolute atomic E-state index is 12.7. The van der Waals surface area contributed by atoms with E-state index < -0.39 is 28.0 Å². The second-order valence-corrected chi connectivity index (χ2v) is 5.90. The van der Waals surface area contributed by atoms with E-state index in [4.69, 9.17) is 20.1 Å². The molecule has 0 unspecified atom stereocenters. The Hall–Kier alpha value is -4.12. The number of benzene rings is 2. The van der Waals surface area contributed by atoms with Gasteiger partial charge in [-0.15, -0.1) is 0 Å². The highest BCUT2D eigenvalue weighted by atomic mass is 16.6. The number of ether oxygens (including phenoxy) is 1. The van der Waals surface area contributed by atoms with E-state index in [1.807, 2.05) is 6.07 Å². The molecule has 4 rings (SSSR count). The van der Waals surface area contributed by atoms with Gasteiger partial charge >= 0.3 is 11.3 Å². The zero-order valence-electron chi connectivity index (χ0n) is 13.7. The third-order valence-electron chi connectivity index (χ3n) is 4.40. The van der Waals surface area contributed by atoms with Gasteiger partial charge in [0, 0.05) is 0 Å². The van der Waals surface area contributed by atoms with Crippen molar-refractivity contribution in [1.29, 1.82) is 5.26 Å². The molecule has 3 aromatic rings. The molecule has 0 radical (unpaired) electrons. The van der Waals surface area contributed by atoms with Gasteiger partial charge in [-0.05, 0) is 29.8 Å². The lowest BCUT2D eigenvalue weighted by Crippen LogP contribution is -2.29. The van der Waals surface area contributed by atoms with Crippen LogP contribution in [-0.2, 0) is 0 Å². The predicted octanol–water partition coefficient (Wildman–Crippen LogP) is 2.59. The summed E-state index contributed by atoms with van der Waals surface area (Å²) in [4.78, 5) is 23.7. The molecule has 2 N–H and O–H groups in total. The van der Waals surface area contributed by atoms with Gasteiger partial charge in [0.25, 0.3) is 5.88 Å². The van der Waals surface area contributed by atoms with Crippen LogP contribution in [0.2, 0.25) is 0 Å². The molecule has 132 valence electrons. The number of fused-ring (bicyclic) bond motifs is 3. The molecule has 2 heterocycles. The monoisotopic (exact) mass is 361 g/mol. The summed E-state index contributed by atoms with van der Waals surface area (Å²) in [7, 11) is 0. The molecule has 0 bridgehead atoms. The second kappa shape index (κ2) is 6.00. The molecule has 8 nitrogen and oxygen atoms in total. The van der Waals surface area contributed by atoms with Gasteiger partial charge in [0.2, 0.25) is 0 Å². The first-order chi connectivity index (χ1) is 13.0. The lowest BCUT2D eigenvalue weighted by atomic mass is 9.86. The lowest BCUT2D eigenvalue weighted by molar-refractivity contribution is -0.432. The van der Waals surface area contributed by atoms with Crippen molar-refractivity contribution in [2.75, 3.05) is 0 Å². The van der Waals surface area contributed by atoms with Crippen molar-refractivity contribution in [2.45, 2.75) is 5.92 Å². The highest BCUT2D eigenvalue weighted by Crippen LogP contribution is 2.43. The number of hydrogen-bond acceptors (Lipinski definition) is 7. The number of para-hydroxylation sites is 1. The number of nitrogens with two attached hydrogens (primary N) is 1. The van der Waals surface area contributed by atoms with E-state index in [1.165, 1.54) is 12.1 Å². The van der Waals surface area contributed by atoms with Gasteiger partial charge in [-0.1, -0.05) is 24.3 Å². The van der Waals surface area contributed by atoms with E-state index >= 15 is 0 Å². The number of nitriles is 1. The summed E-state index contributed by atoms with van der Waals surface area (Å²) in [5.41, 5.74) is 5.76. The summed E-state index contributed by atoms with van der Waals surface area (Å²) in [6.45, 7) is 0. The molecule has 0 amide bonds. The Bertz CT molecular complexity index is 1220. The van der Waals surface area contributed by atoms with Crippen molar-refractivity contribution >= 4 is 11.0 Å². The highest BCUT2D eigenvalue weighted by Gasteiger charge is 2.42. The Morgan fingerprint density at radius 1 is 1.15 bits per heavy atom. The van der Waals surface area contributed by atoms with Crippen molar-refractivity contribution in [1.82, 2.24) is 0 Å². The standard InChI is InChI=1S/C19H11N3O5/c20-9-10-5-7-11(8-6-10)14-15-17(27-18(21)16(14)22(24)25)12-3-1-2-4-13(12)26-19(15)23/h1-8,14H,21H2/t14-/m1/s1. The molecular formula is C19H11N3O5. The first-order valence-electron chi connectivity index (χ1n) is 7.89. The van der Waals surface area contributed by atoms with Gasteiger partial charge in [0.05, 0.1) is 27.5 Å². The molecule has 0 fully saturated rings. The van der Waals surface area contributed by atoms with Crippen LogP contribution in [0.15, 0.2) is 69.3 Å². The van der Waals surface area contributed by atoms with Crippen LogP contribution in [0, 0.1) is 21.4 Å². The van der Waals surface area contributed by atoms with Gasteiger partial charge in [-0.3, -0.25) is 10.1 Å². The molecule has 1 aliphatic heterocycles. The number of allylic oxidation sites excluding steroid dienone is 1. The number of nitrogens with zero attached hydrogens (tertiary/aromatic N) is 2. The van der Waals surface area contributed by atoms with E-state index in [0.29, 0.717) is 16.5 Å². The van der Waals surface area contributed by atoms with E-state index in [0.717, 1.165) is 0 Å². The minimum atomic E-state index is -1.09. The minimum Gasteiger partial charge on any atom is -0.434 e. The van der Waals surface area contributed by atoms with E-state index in [1.54, 1.807) is 36.4 Å². The maximum atomic E-state index is 12.7. The molecule has 0 aliphatic carbocycles. The van der Waals surface area contributed by atoms with Crippen molar-refractivity contribution in [3.8, 4) is 11.8 Å².